The van der Waals surface area contributed by atoms with Gasteiger partial charge in [-0.3, -0.25) is 9.52 Å². The molecule has 0 radical (unpaired) electrons. The van der Waals surface area contributed by atoms with Gasteiger partial charge in [-0.1, -0.05) is 17.7 Å². The second-order valence-electron chi connectivity index (χ2n) is 6.17. The van der Waals surface area contributed by atoms with E-state index in [1.54, 1.807) is 60.9 Å². The molecule has 0 aliphatic carbocycles. The first kappa shape index (κ1) is 17.0. The normalized spacial score (nSPS) is 14.9. The first-order chi connectivity index (χ1) is 12.9. The molecular formula is C19H16N4O3S. The van der Waals surface area contributed by atoms with Crippen LogP contribution >= 0.6 is 0 Å². The number of aromatic nitrogens is 2. The summed E-state index contributed by atoms with van der Waals surface area (Å²) in [6, 6.07) is 11.5. The summed E-state index contributed by atoms with van der Waals surface area (Å²) in [5, 5.41) is 2.76. The van der Waals surface area contributed by atoms with E-state index in [0.29, 0.717) is 28.3 Å². The van der Waals surface area contributed by atoms with Crippen LogP contribution in [0.2, 0.25) is 0 Å². The van der Waals surface area contributed by atoms with Gasteiger partial charge in [0, 0.05) is 29.3 Å². The van der Waals surface area contributed by atoms with E-state index in [1.807, 2.05) is 6.92 Å². The zero-order chi connectivity index (χ0) is 19.0. The Morgan fingerprint density at radius 1 is 1.11 bits per heavy atom. The van der Waals surface area contributed by atoms with Crippen molar-refractivity contribution in [3.8, 4) is 0 Å². The van der Waals surface area contributed by atoms with Crippen molar-refractivity contribution in [1.29, 1.82) is 0 Å². The smallest absolute Gasteiger partial charge is 0.261 e. The Labute approximate surface area is 156 Å². The minimum Gasteiger partial charge on any atom is -0.345 e. The number of sulfonamides is 1. The first-order valence-corrected chi connectivity index (χ1v) is 9.67. The summed E-state index contributed by atoms with van der Waals surface area (Å²) >= 11 is 0. The van der Waals surface area contributed by atoms with Crippen LogP contribution in [0.5, 0.6) is 0 Å². The Kier molecular flexibility index (Phi) is 4.04. The summed E-state index contributed by atoms with van der Waals surface area (Å²) in [4.78, 5) is 19.4. The van der Waals surface area contributed by atoms with Crippen LogP contribution in [0.4, 0.5) is 11.4 Å². The summed E-state index contributed by atoms with van der Waals surface area (Å²) in [6.45, 7) is 1.89. The van der Waals surface area contributed by atoms with E-state index in [1.165, 1.54) is 0 Å². The standard InChI is InChI=1S/C19H16N4O3S/c1-12-2-5-14(6-3-12)27(25,26)23-13-4-7-17-15(10-13)16(19(24)22-17)11-18-20-8-9-21-18/h2-11,23H,1H3,(H,20,21)(H,22,24)/b16-11+. The SMILES string of the molecule is Cc1ccc(S(=O)(=O)Nc2ccc3c(c2)/C(=C\c2ncc[nH]2)C(=O)N3)cc1. The van der Waals surface area contributed by atoms with Crippen molar-refractivity contribution in [3.63, 3.8) is 0 Å². The maximum absolute atomic E-state index is 12.6. The van der Waals surface area contributed by atoms with Gasteiger partial charge in [-0.15, -0.1) is 0 Å². The molecule has 1 aliphatic heterocycles. The Balaban J connectivity index is 1.68. The minimum absolute atomic E-state index is 0.175. The molecule has 3 aromatic rings. The molecule has 8 heteroatoms. The molecule has 0 spiro atoms. The molecular weight excluding hydrogens is 364 g/mol. The molecule has 0 atom stereocenters. The largest absolute Gasteiger partial charge is 0.345 e. The number of hydrogen-bond acceptors (Lipinski definition) is 4. The van der Waals surface area contributed by atoms with Gasteiger partial charge in [-0.2, -0.15) is 0 Å². The van der Waals surface area contributed by atoms with Gasteiger partial charge in [0.25, 0.3) is 15.9 Å². The lowest BCUT2D eigenvalue weighted by atomic mass is 10.1. The molecule has 0 unspecified atom stereocenters. The van der Waals surface area contributed by atoms with E-state index in [9.17, 15) is 13.2 Å². The van der Waals surface area contributed by atoms with Gasteiger partial charge in [-0.05, 0) is 43.3 Å². The van der Waals surface area contributed by atoms with Crippen LogP contribution in [-0.4, -0.2) is 24.3 Å². The van der Waals surface area contributed by atoms with Crippen LogP contribution in [0, 0.1) is 6.92 Å². The second-order valence-corrected chi connectivity index (χ2v) is 7.85. The molecule has 0 saturated heterocycles. The number of benzene rings is 2. The topological polar surface area (TPSA) is 104 Å². The van der Waals surface area contributed by atoms with Crippen molar-refractivity contribution < 1.29 is 13.2 Å². The van der Waals surface area contributed by atoms with Crippen LogP contribution in [0.25, 0.3) is 11.6 Å². The highest BCUT2D eigenvalue weighted by Crippen LogP contribution is 2.35. The van der Waals surface area contributed by atoms with E-state index < -0.39 is 10.0 Å². The van der Waals surface area contributed by atoms with Gasteiger partial charge >= 0.3 is 0 Å². The van der Waals surface area contributed by atoms with Gasteiger partial charge in [0.2, 0.25) is 0 Å². The number of nitrogens with zero attached hydrogens (tertiary/aromatic N) is 1. The molecule has 2 heterocycles. The number of carbonyl (C=O) groups is 1. The van der Waals surface area contributed by atoms with Gasteiger partial charge in [-0.25, -0.2) is 13.4 Å². The summed E-state index contributed by atoms with van der Waals surface area (Å²) in [5.41, 5.74) is 2.99. The van der Waals surface area contributed by atoms with E-state index in [-0.39, 0.29) is 10.8 Å². The van der Waals surface area contributed by atoms with Crippen LogP contribution < -0.4 is 10.0 Å². The molecule has 4 rings (SSSR count). The van der Waals surface area contributed by atoms with Crippen molar-refractivity contribution in [3.05, 3.63) is 71.8 Å². The summed E-state index contributed by atoms with van der Waals surface area (Å²) in [6.07, 6.45) is 4.87. The quantitative estimate of drug-likeness (QED) is 0.605. The Morgan fingerprint density at radius 2 is 1.89 bits per heavy atom. The lowest BCUT2D eigenvalue weighted by molar-refractivity contribution is -0.110. The highest BCUT2D eigenvalue weighted by Gasteiger charge is 2.25. The Bertz CT molecular complexity index is 1150. The number of amides is 1. The van der Waals surface area contributed by atoms with Crippen molar-refractivity contribution in [1.82, 2.24) is 9.97 Å². The third-order valence-corrected chi connectivity index (χ3v) is 5.58. The summed E-state index contributed by atoms with van der Waals surface area (Å²) in [5.74, 6) is 0.276. The predicted octanol–water partition coefficient (Wildman–Crippen LogP) is 3.01. The fourth-order valence-corrected chi connectivity index (χ4v) is 3.87. The molecule has 2 aromatic carbocycles. The van der Waals surface area contributed by atoms with Gasteiger partial charge in [0.15, 0.2) is 0 Å². The number of imidazole rings is 1. The van der Waals surface area contributed by atoms with Crippen LogP contribution in [0.1, 0.15) is 17.0 Å². The van der Waals surface area contributed by atoms with E-state index in [2.05, 4.69) is 20.0 Å². The molecule has 1 aliphatic rings. The maximum Gasteiger partial charge on any atom is 0.261 e. The number of hydrogen-bond donors (Lipinski definition) is 3. The third-order valence-electron chi connectivity index (χ3n) is 4.19. The second kappa shape index (κ2) is 6.40. The molecule has 7 nitrogen and oxygen atoms in total. The number of fused-ring (bicyclic) bond motifs is 1. The number of carbonyl (C=O) groups excluding carboxylic acids is 1. The average molecular weight is 380 g/mol. The van der Waals surface area contributed by atoms with Crippen molar-refractivity contribution >= 4 is 39.0 Å². The monoisotopic (exact) mass is 380 g/mol. The lowest BCUT2D eigenvalue weighted by Gasteiger charge is -2.10. The molecule has 0 fully saturated rings. The zero-order valence-corrected chi connectivity index (χ0v) is 15.2. The predicted molar refractivity (Wildman–Crippen MR) is 104 cm³/mol. The average Bonchev–Trinajstić information content (AvgIpc) is 3.24. The number of H-pyrrole nitrogens is 1. The summed E-state index contributed by atoms with van der Waals surface area (Å²) < 4.78 is 27.7. The van der Waals surface area contributed by atoms with Gasteiger partial charge in [0.1, 0.15) is 5.82 Å². The maximum atomic E-state index is 12.6. The number of nitrogens with one attached hydrogen (secondary N) is 3. The Morgan fingerprint density at radius 3 is 2.59 bits per heavy atom. The van der Waals surface area contributed by atoms with Crippen molar-refractivity contribution in [2.75, 3.05) is 10.0 Å². The minimum atomic E-state index is -3.72. The fraction of sp³-hybridized carbons (Fsp3) is 0.0526. The zero-order valence-electron chi connectivity index (χ0n) is 14.4. The van der Waals surface area contributed by atoms with E-state index >= 15 is 0 Å². The number of aromatic amines is 1. The fourth-order valence-electron chi connectivity index (χ4n) is 2.82. The molecule has 27 heavy (non-hydrogen) atoms. The van der Waals surface area contributed by atoms with E-state index in [0.717, 1.165) is 5.56 Å². The molecule has 0 saturated carbocycles. The molecule has 0 bridgehead atoms. The highest BCUT2D eigenvalue weighted by molar-refractivity contribution is 7.92. The van der Waals surface area contributed by atoms with Gasteiger partial charge in [0.05, 0.1) is 10.5 Å². The molecule has 1 amide bonds. The van der Waals surface area contributed by atoms with Crippen molar-refractivity contribution in [2.45, 2.75) is 11.8 Å². The van der Waals surface area contributed by atoms with Crippen molar-refractivity contribution in [2.24, 2.45) is 0 Å². The van der Waals surface area contributed by atoms with Crippen LogP contribution in [0.3, 0.4) is 0 Å². The van der Waals surface area contributed by atoms with Gasteiger partial charge < -0.3 is 10.3 Å². The number of anilines is 2. The molecule has 3 N–H and O–H groups in total. The third kappa shape index (κ3) is 3.34. The molecule has 1 aromatic heterocycles. The van der Waals surface area contributed by atoms with Crippen LogP contribution in [0.15, 0.2) is 59.8 Å². The number of rotatable bonds is 4. The first-order valence-electron chi connectivity index (χ1n) is 8.19. The van der Waals surface area contributed by atoms with Crippen LogP contribution in [-0.2, 0) is 14.8 Å². The lowest BCUT2D eigenvalue weighted by Crippen LogP contribution is -2.13. The van der Waals surface area contributed by atoms with E-state index in [4.69, 9.17) is 0 Å². The Hall–Kier alpha value is -3.39. The molecule has 136 valence electrons. The number of aryl methyl sites for hydroxylation is 1. The highest BCUT2D eigenvalue weighted by atomic mass is 32.2. The summed E-state index contributed by atoms with van der Waals surface area (Å²) in [7, 11) is -3.72.